The molecule has 7 heteroatoms. The normalized spacial score (nSPS) is 11.2. The monoisotopic (exact) mass is 426 g/mol. The Morgan fingerprint density at radius 3 is 2.57 bits per heavy atom. The van der Waals surface area contributed by atoms with E-state index >= 15 is 0 Å². The molecule has 0 spiro atoms. The van der Waals surface area contributed by atoms with Crippen molar-refractivity contribution in [1.82, 2.24) is 4.90 Å². The molecule has 0 aliphatic heterocycles. The lowest BCUT2D eigenvalue weighted by molar-refractivity contribution is 0.313. The average molecular weight is 427 g/mol. The molecule has 0 heterocycles. The van der Waals surface area contributed by atoms with E-state index in [2.05, 4.69) is 29.1 Å². The number of benzene rings is 1. The van der Waals surface area contributed by atoms with Crippen LogP contribution < -0.4 is 15.8 Å². The standard InChI is InChI=1S/C14H23ClN4O.HI/c1-4-19(5-2)9-8-17-14(16)18-11-6-7-13(20-3)12(15)10-11;/h6-7,10H,4-5,8-9H2,1-3H3,(H3,16,17,18);1H. The summed E-state index contributed by atoms with van der Waals surface area (Å²) in [7, 11) is 1.58. The molecule has 1 aromatic rings. The second-order valence-corrected chi connectivity index (χ2v) is 4.68. The third kappa shape index (κ3) is 7.19. The summed E-state index contributed by atoms with van der Waals surface area (Å²) < 4.78 is 5.09. The summed E-state index contributed by atoms with van der Waals surface area (Å²) in [5, 5.41) is 3.55. The molecule has 0 aliphatic rings. The van der Waals surface area contributed by atoms with Crippen LogP contribution in [0.25, 0.3) is 0 Å². The fraction of sp³-hybridized carbons (Fsp3) is 0.500. The number of nitrogens with zero attached hydrogens (tertiary/aromatic N) is 2. The van der Waals surface area contributed by atoms with Gasteiger partial charge in [-0.3, -0.25) is 4.99 Å². The largest absolute Gasteiger partial charge is 0.495 e. The van der Waals surface area contributed by atoms with E-state index in [4.69, 9.17) is 22.1 Å². The molecule has 0 saturated carbocycles. The van der Waals surface area contributed by atoms with Crippen molar-refractivity contribution in [3.8, 4) is 5.75 Å². The summed E-state index contributed by atoms with van der Waals surface area (Å²) in [4.78, 5) is 6.59. The molecule has 1 aromatic carbocycles. The number of nitrogens with two attached hydrogens (primary N) is 1. The minimum Gasteiger partial charge on any atom is -0.495 e. The number of guanidine groups is 1. The molecule has 0 atom stereocenters. The third-order valence-electron chi connectivity index (χ3n) is 3.02. The number of aliphatic imine (C=N–C) groups is 1. The summed E-state index contributed by atoms with van der Waals surface area (Å²) in [6, 6.07) is 5.39. The maximum Gasteiger partial charge on any atom is 0.193 e. The number of hydrogen-bond donors (Lipinski definition) is 2. The first-order chi connectivity index (χ1) is 9.60. The summed E-state index contributed by atoms with van der Waals surface area (Å²) in [6.45, 7) is 7.88. The Labute approximate surface area is 148 Å². The third-order valence-corrected chi connectivity index (χ3v) is 3.31. The molecule has 0 fully saturated rings. The first-order valence-electron chi connectivity index (χ1n) is 6.73. The molecule has 1 rings (SSSR count). The molecule has 0 bridgehead atoms. The molecule has 5 nitrogen and oxygen atoms in total. The number of nitrogens with one attached hydrogen (secondary N) is 1. The Morgan fingerprint density at radius 1 is 1.38 bits per heavy atom. The molecule has 21 heavy (non-hydrogen) atoms. The summed E-state index contributed by atoms with van der Waals surface area (Å²) in [5.74, 6) is 1.02. The Hall–Kier alpha value is -0.730. The number of halogens is 2. The zero-order valence-electron chi connectivity index (χ0n) is 12.7. The molecule has 0 aliphatic carbocycles. The number of rotatable bonds is 7. The van der Waals surface area contributed by atoms with Gasteiger partial charge in [0.25, 0.3) is 0 Å². The van der Waals surface area contributed by atoms with Crippen molar-refractivity contribution in [2.24, 2.45) is 10.7 Å². The SMILES string of the molecule is CCN(CC)CCN=C(N)Nc1ccc(OC)c(Cl)c1.I. The molecular weight excluding hydrogens is 403 g/mol. The second-order valence-electron chi connectivity index (χ2n) is 4.27. The Balaban J connectivity index is 0.00000400. The fourth-order valence-corrected chi connectivity index (χ4v) is 2.04. The van der Waals surface area contributed by atoms with Gasteiger partial charge in [-0.05, 0) is 31.3 Å². The maximum absolute atomic E-state index is 6.04. The molecule has 3 N–H and O–H groups in total. The van der Waals surface area contributed by atoms with Gasteiger partial charge < -0.3 is 20.7 Å². The highest BCUT2D eigenvalue weighted by Gasteiger charge is 2.03. The van der Waals surface area contributed by atoms with E-state index in [9.17, 15) is 0 Å². The van der Waals surface area contributed by atoms with Gasteiger partial charge in [0.1, 0.15) is 5.75 Å². The number of likely N-dealkylation sites (N-methyl/N-ethyl adjacent to an activating group) is 1. The van der Waals surface area contributed by atoms with Crippen molar-refractivity contribution in [2.45, 2.75) is 13.8 Å². The predicted octanol–water partition coefficient (Wildman–Crippen LogP) is 3.04. The first-order valence-corrected chi connectivity index (χ1v) is 7.11. The highest BCUT2D eigenvalue weighted by Crippen LogP contribution is 2.26. The van der Waals surface area contributed by atoms with Crippen molar-refractivity contribution in [1.29, 1.82) is 0 Å². The first kappa shape index (κ1) is 20.3. The van der Waals surface area contributed by atoms with Crippen LogP contribution in [0.2, 0.25) is 5.02 Å². The van der Waals surface area contributed by atoms with Crippen LogP contribution in [0.15, 0.2) is 23.2 Å². The lowest BCUT2D eigenvalue weighted by Gasteiger charge is -2.16. The van der Waals surface area contributed by atoms with E-state index in [1.807, 2.05) is 6.07 Å². The van der Waals surface area contributed by atoms with Crippen LogP contribution in [-0.2, 0) is 0 Å². The van der Waals surface area contributed by atoms with Crippen molar-refractivity contribution >= 4 is 47.2 Å². The van der Waals surface area contributed by atoms with Crippen LogP contribution in [0, 0.1) is 0 Å². The van der Waals surface area contributed by atoms with Gasteiger partial charge in [0.15, 0.2) is 5.96 Å². The van der Waals surface area contributed by atoms with Gasteiger partial charge in [-0.2, -0.15) is 0 Å². The number of methoxy groups -OCH3 is 1. The lowest BCUT2D eigenvalue weighted by atomic mass is 10.3. The van der Waals surface area contributed by atoms with Crippen LogP contribution in [0.4, 0.5) is 5.69 Å². The summed E-state index contributed by atoms with van der Waals surface area (Å²) in [6.07, 6.45) is 0. The van der Waals surface area contributed by atoms with E-state index in [1.54, 1.807) is 19.2 Å². The van der Waals surface area contributed by atoms with Gasteiger partial charge in [0, 0.05) is 12.2 Å². The zero-order chi connectivity index (χ0) is 15.0. The minimum absolute atomic E-state index is 0. The molecule has 0 radical (unpaired) electrons. The van der Waals surface area contributed by atoms with Crippen molar-refractivity contribution in [2.75, 3.05) is 38.6 Å². The average Bonchev–Trinajstić information content (AvgIpc) is 2.44. The van der Waals surface area contributed by atoms with E-state index in [1.165, 1.54) is 0 Å². The molecule has 0 aromatic heterocycles. The van der Waals surface area contributed by atoms with Gasteiger partial charge >= 0.3 is 0 Å². The van der Waals surface area contributed by atoms with E-state index < -0.39 is 0 Å². The second kappa shape index (κ2) is 10.9. The van der Waals surface area contributed by atoms with E-state index in [-0.39, 0.29) is 24.0 Å². The van der Waals surface area contributed by atoms with Gasteiger partial charge in [-0.1, -0.05) is 25.4 Å². The number of hydrogen-bond acceptors (Lipinski definition) is 3. The topological polar surface area (TPSA) is 62.9 Å². The highest BCUT2D eigenvalue weighted by molar-refractivity contribution is 14.0. The minimum atomic E-state index is 0. The fourth-order valence-electron chi connectivity index (χ4n) is 1.78. The van der Waals surface area contributed by atoms with Crippen molar-refractivity contribution in [3.05, 3.63) is 23.2 Å². The van der Waals surface area contributed by atoms with E-state index in [0.717, 1.165) is 25.3 Å². The van der Waals surface area contributed by atoms with E-state index in [0.29, 0.717) is 23.3 Å². The number of anilines is 1. The Kier molecular flexibility index (Phi) is 10.5. The maximum atomic E-state index is 6.04. The van der Waals surface area contributed by atoms with Crippen LogP contribution in [0.1, 0.15) is 13.8 Å². The summed E-state index contributed by atoms with van der Waals surface area (Å²) >= 11 is 6.04. The van der Waals surface area contributed by atoms with Crippen LogP contribution >= 0.6 is 35.6 Å². The molecule has 0 amide bonds. The van der Waals surface area contributed by atoms with Crippen molar-refractivity contribution in [3.63, 3.8) is 0 Å². The smallest absolute Gasteiger partial charge is 0.193 e. The lowest BCUT2D eigenvalue weighted by Crippen LogP contribution is -2.28. The van der Waals surface area contributed by atoms with Crippen molar-refractivity contribution < 1.29 is 4.74 Å². The van der Waals surface area contributed by atoms with Crippen LogP contribution in [0.3, 0.4) is 0 Å². The Bertz CT molecular complexity index is 453. The molecular formula is C14H24ClIN4O. The molecule has 0 saturated heterocycles. The van der Waals surface area contributed by atoms with Crippen LogP contribution in [0.5, 0.6) is 5.75 Å². The van der Waals surface area contributed by atoms with Crippen LogP contribution in [-0.4, -0.2) is 44.1 Å². The predicted molar refractivity (Wildman–Crippen MR) is 101 cm³/mol. The summed E-state index contributed by atoms with van der Waals surface area (Å²) in [5.41, 5.74) is 6.63. The van der Waals surface area contributed by atoms with Gasteiger partial charge in [-0.15, -0.1) is 24.0 Å². The van der Waals surface area contributed by atoms with Gasteiger partial charge in [0.2, 0.25) is 0 Å². The van der Waals surface area contributed by atoms with Gasteiger partial charge in [0.05, 0.1) is 18.7 Å². The highest BCUT2D eigenvalue weighted by atomic mass is 127. The quantitative estimate of drug-likeness (QED) is 0.400. The van der Waals surface area contributed by atoms with Gasteiger partial charge in [-0.25, -0.2) is 0 Å². The molecule has 120 valence electrons. The Morgan fingerprint density at radius 2 is 2.05 bits per heavy atom. The number of ether oxygens (including phenoxy) is 1. The molecule has 0 unspecified atom stereocenters. The zero-order valence-corrected chi connectivity index (χ0v) is 15.8.